The Morgan fingerprint density at radius 2 is 1.32 bits per heavy atom. The zero-order valence-electron chi connectivity index (χ0n) is 14.5. The van der Waals surface area contributed by atoms with Crippen LogP contribution in [0.25, 0.3) is 0 Å². The maximum atomic E-state index is 11.1. The number of carbonyl (C=O) groups is 1. The maximum Gasteiger partial charge on any atom is 0.221 e. The predicted octanol–water partition coefficient (Wildman–Crippen LogP) is 4.54. The first-order valence-electron chi connectivity index (χ1n) is 9.14. The number of aliphatic hydroxyl groups excluding tert-OH is 1. The molecule has 22 heavy (non-hydrogen) atoms. The Labute approximate surface area is 137 Å². The Hall–Kier alpha value is -1.01. The van der Waals surface area contributed by atoms with E-state index in [4.69, 9.17) is 5.11 Å². The highest BCUT2D eigenvalue weighted by Gasteiger charge is 1.98. The van der Waals surface area contributed by atoms with Crippen LogP contribution in [0.4, 0.5) is 0 Å². The van der Waals surface area contributed by atoms with Crippen molar-refractivity contribution in [3.05, 3.63) is 0 Å². The van der Waals surface area contributed by atoms with E-state index in [1.54, 1.807) is 0 Å². The van der Waals surface area contributed by atoms with Crippen LogP contribution in [-0.2, 0) is 4.79 Å². The third-order valence-electron chi connectivity index (χ3n) is 3.76. The van der Waals surface area contributed by atoms with Crippen molar-refractivity contribution in [1.29, 1.82) is 0 Å². The second kappa shape index (κ2) is 18.0. The summed E-state index contributed by atoms with van der Waals surface area (Å²) in [6, 6.07) is 0. The van der Waals surface area contributed by atoms with Gasteiger partial charge in [0.25, 0.3) is 0 Å². The molecule has 0 aromatic heterocycles. The Morgan fingerprint density at radius 3 is 1.86 bits per heavy atom. The molecule has 0 rings (SSSR count). The van der Waals surface area contributed by atoms with E-state index in [1.165, 1.54) is 57.8 Å². The van der Waals surface area contributed by atoms with Crippen molar-refractivity contribution in [3.63, 3.8) is 0 Å². The normalized spacial score (nSPS) is 10.1. The van der Waals surface area contributed by atoms with Crippen molar-refractivity contribution < 1.29 is 9.90 Å². The molecule has 0 spiro atoms. The quantitative estimate of drug-likeness (QED) is 0.281. The fourth-order valence-corrected chi connectivity index (χ4v) is 2.38. The minimum Gasteiger partial charge on any atom is -0.377 e. The molecule has 0 unspecified atom stereocenters. The second-order valence-corrected chi connectivity index (χ2v) is 5.90. The van der Waals surface area contributed by atoms with Crippen molar-refractivity contribution in [2.24, 2.45) is 0 Å². The molecule has 0 aromatic rings. The van der Waals surface area contributed by atoms with Gasteiger partial charge in [0.05, 0.1) is 0 Å². The molecule has 0 saturated heterocycles. The average molecular weight is 309 g/mol. The lowest BCUT2D eigenvalue weighted by atomic mass is 10.1. The third kappa shape index (κ3) is 17.0. The summed E-state index contributed by atoms with van der Waals surface area (Å²) < 4.78 is 0. The zero-order valence-corrected chi connectivity index (χ0v) is 14.5. The van der Waals surface area contributed by atoms with Gasteiger partial charge in [-0.2, -0.15) is 0 Å². The van der Waals surface area contributed by atoms with Crippen molar-refractivity contribution in [2.45, 2.75) is 96.8 Å². The Bertz CT molecular complexity index is 304. The summed E-state index contributed by atoms with van der Waals surface area (Å²) in [7, 11) is 0. The lowest BCUT2D eigenvalue weighted by Crippen LogP contribution is -2.23. The highest BCUT2D eigenvalue weighted by Crippen LogP contribution is 2.08. The molecule has 0 aliphatic carbocycles. The summed E-state index contributed by atoms with van der Waals surface area (Å²) in [5, 5.41) is 10.9. The van der Waals surface area contributed by atoms with Crippen LogP contribution < -0.4 is 5.32 Å². The van der Waals surface area contributed by atoms with Gasteiger partial charge >= 0.3 is 0 Å². The van der Waals surface area contributed by atoms with Gasteiger partial charge in [0.2, 0.25) is 5.91 Å². The van der Waals surface area contributed by atoms with Crippen LogP contribution in [0.15, 0.2) is 0 Å². The van der Waals surface area contributed by atoms with Gasteiger partial charge in [0, 0.05) is 19.3 Å². The molecule has 0 heterocycles. The third-order valence-corrected chi connectivity index (χ3v) is 3.76. The number of carbonyl (C=O) groups excluding carboxylic acids is 1. The van der Waals surface area contributed by atoms with Crippen LogP contribution in [0.1, 0.15) is 96.8 Å². The first kappa shape index (κ1) is 21.0. The summed E-state index contributed by atoms with van der Waals surface area (Å²) in [5.74, 6) is 6.50. The highest BCUT2D eigenvalue weighted by molar-refractivity contribution is 5.75. The minimum atomic E-state index is -0.254. The number of amides is 1. The number of nitrogens with one attached hydrogen (secondary N) is 1. The fraction of sp³-hybridized carbons (Fsp3) is 0.842. The maximum absolute atomic E-state index is 11.1. The number of aliphatic hydroxyl groups is 1. The van der Waals surface area contributed by atoms with Gasteiger partial charge in [0.15, 0.2) is 0 Å². The smallest absolute Gasteiger partial charge is 0.221 e. The van der Waals surface area contributed by atoms with Crippen LogP contribution in [0.5, 0.6) is 0 Å². The predicted molar refractivity (Wildman–Crippen MR) is 93.3 cm³/mol. The molecule has 0 aliphatic heterocycles. The number of hydrogen-bond donors (Lipinski definition) is 2. The van der Waals surface area contributed by atoms with Crippen LogP contribution in [0, 0.1) is 11.8 Å². The molecule has 0 aromatic carbocycles. The first-order valence-corrected chi connectivity index (χ1v) is 9.14. The van der Waals surface area contributed by atoms with Crippen molar-refractivity contribution in [2.75, 3.05) is 6.73 Å². The molecular formula is C19H35NO2. The molecule has 0 aliphatic rings. The number of rotatable bonds is 14. The van der Waals surface area contributed by atoms with Crippen LogP contribution in [0.3, 0.4) is 0 Å². The Balaban J connectivity index is 3.17. The molecule has 128 valence electrons. The summed E-state index contributed by atoms with van der Waals surface area (Å²) in [5.41, 5.74) is 0. The summed E-state index contributed by atoms with van der Waals surface area (Å²) in [6.45, 7) is 2.00. The summed E-state index contributed by atoms with van der Waals surface area (Å²) in [4.78, 5) is 11.1. The van der Waals surface area contributed by atoms with Gasteiger partial charge in [-0.25, -0.2) is 0 Å². The molecule has 0 bridgehead atoms. The van der Waals surface area contributed by atoms with Gasteiger partial charge in [-0.05, 0) is 19.3 Å². The standard InChI is InChI=1S/C19H35NO2/c1-2-3-4-5-6-7-8-9-10-11-12-13-14-15-16-17-19(22)20-18-21/h21H,2-8,11-18H2,1H3,(H,20,22). The summed E-state index contributed by atoms with van der Waals surface area (Å²) in [6.07, 6.45) is 16.2. The van der Waals surface area contributed by atoms with Crippen LogP contribution in [0.2, 0.25) is 0 Å². The Kier molecular flexibility index (Phi) is 17.2. The molecule has 3 nitrogen and oxygen atoms in total. The van der Waals surface area contributed by atoms with Crippen molar-refractivity contribution in [3.8, 4) is 11.8 Å². The van der Waals surface area contributed by atoms with Crippen molar-refractivity contribution in [1.82, 2.24) is 5.32 Å². The zero-order chi connectivity index (χ0) is 16.3. The molecule has 0 radical (unpaired) electrons. The van der Waals surface area contributed by atoms with E-state index < -0.39 is 0 Å². The minimum absolute atomic E-state index is 0.0527. The lowest BCUT2D eigenvalue weighted by Gasteiger charge is -2.01. The van der Waals surface area contributed by atoms with E-state index in [9.17, 15) is 4.79 Å². The Morgan fingerprint density at radius 1 is 0.818 bits per heavy atom. The molecule has 0 saturated carbocycles. The van der Waals surface area contributed by atoms with E-state index in [-0.39, 0.29) is 12.6 Å². The molecule has 1 amide bonds. The van der Waals surface area contributed by atoms with Gasteiger partial charge in [-0.1, -0.05) is 58.3 Å². The van der Waals surface area contributed by atoms with Gasteiger partial charge in [0.1, 0.15) is 6.73 Å². The molecule has 3 heteroatoms. The topological polar surface area (TPSA) is 49.3 Å². The second-order valence-electron chi connectivity index (χ2n) is 5.90. The van der Waals surface area contributed by atoms with Gasteiger partial charge in [-0.3, -0.25) is 4.79 Å². The van der Waals surface area contributed by atoms with Crippen LogP contribution >= 0.6 is 0 Å². The molecule has 0 atom stereocenters. The van der Waals surface area contributed by atoms with Crippen LogP contribution in [-0.4, -0.2) is 17.7 Å². The molecule has 2 N–H and O–H groups in total. The SMILES string of the molecule is CCCCCCCCC#CCCCCCCCC(=O)NCO. The fourth-order valence-electron chi connectivity index (χ4n) is 2.38. The lowest BCUT2D eigenvalue weighted by molar-refractivity contribution is -0.122. The number of hydrogen-bond acceptors (Lipinski definition) is 2. The van der Waals surface area contributed by atoms with E-state index >= 15 is 0 Å². The van der Waals surface area contributed by atoms with E-state index in [2.05, 4.69) is 24.1 Å². The van der Waals surface area contributed by atoms with E-state index in [1.807, 2.05) is 0 Å². The average Bonchev–Trinajstić information content (AvgIpc) is 2.51. The van der Waals surface area contributed by atoms with Gasteiger partial charge in [-0.15, -0.1) is 11.8 Å². The number of unbranched alkanes of at least 4 members (excludes halogenated alkanes) is 11. The van der Waals surface area contributed by atoms with E-state index in [0.29, 0.717) is 6.42 Å². The van der Waals surface area contributed by atoms with Crippen molar-refractivity contribution >= 4 is 5.91 Å². The summed E-state index contributed by atoms with van der Waals surface area (Å²) >= 11 is 0. The highest BCUT2D eigenvalue weighted by atomic mass is 16.3. The molecular weight excluding hydrogens is 274 g/mol. The first-order chi connectivity index (χ1) is 10.8. The largest absolute Gasteiger partial charge is 0.377 e. The molecule has 0 fully saturated rings. The monoisotopic (exact) mass is 309 g/mol. The van der Waals surface area contributed by atoms with Gasteiger partial charge < -0.3 is 10.4 Å². The van der Waals surface area contributed by atoms with E-state index in [0.717, 1.165) is 25.7 Å².